The molecule has 88 valence electrons. The van der Waals surface area contributed by atoms with Gasteiger partial charge in [0.05, 0.1) is 15.6 Å². The molecule has 0 unspecified atom stereocenters. The quantitative estimate of drug-likeness (QED) is 0.864. The molecule has 1 aliphatic heterocycles. The molecule has 0 spiro atoms. The summed E-state index contributed by atoms with van der Waals surface area (Å²) in [5.74, 6) is 0.229. The van der Waals surface area contributed by atoms with Gasteiger partial charge in [0.25, 0.3) is 0 Å². The molecule has 0 amide bonds. The van der Waals surface area contributed by atoms with Crippen molar-refractivity contribution in [3.63, 3.8) is 0 Å². The highest BCUT2D eigenvalue weighted by molar-refractivity contribution is 9.10. The highest BCUT2D eigenvalue weighted by Crippen LogP contribution is 2.43. The maximum absolute atomic E-state index is 13.9. The Bertz CT molecular complexity index is 426. The molecule has 1 N–H and O–H groups in total. The van der Waals surface area contributed by atoms with Gasteiger partial charge in [-0.25, -0.2) is 4.39 Å². The number of fused-ring (bicyclic) bond motifs is 1. The molecule has 0 aliphatic carbocycles. The maximum atomic E-state index is 13.9. The Morgan fingerprint density at radius 2 is 2.00 bits per heavy atom. The van der Waals surface area contributed by atoms with Gasteiger partial charge in [-0.1, -0.05) is 0 Å². The zero-order chi connectivity index (χ0) is 11.9. The average Bonchev–Trinajstić information content (AvgIpc) is 2.17. The van der Waals surface area contributed by atoms with Crippen molar-refractivity contribution in [2.75, 3.05) is 13.2 Å². The minimum Gasteiger partial charge on any atom is -0.486 e. The fourth-order valence-electron chi connectivity index (χ4n) is 1.68. The summed E-state index contributed by atoms with van der Waals surface area (Å²) in [6, 6.07) is 1.51. The Morgan fingerprint density at radius 1 is 1.38 bits per heavy atom. The van der Waals surface area contributed by atoms with Gasteiger partial charge in [-0.05, 0) is 29.8 Å². The van der Waals surface area contributed by atoms with Gasteiger partial charge < -0.3 is 14.6 Å². The fourth-order valence-corrected chi connectivity index (χ4v) is 2.08. The number of benzene rings is 1. The zero-order valence-corrected chi connectivity index (χ0v) is 10.6. The van der Waals surface area contributed by atoms with Crippen molar-refractivity contribution in [2.24, 2.45) is 0 Å². The summed E-state index contributed by atoms with van der Waals surface area (Å²) in [5.41, 5.74) is -1.20. The van der Waals surface area contributed by atoms with Crippen LogP contribution in [0.5, 0.6) is 11.5 Å². The molecule has 5 heteroatoms. The molecule has 0 atom stereocenters. The monoisotopic (exact) mass is 290 g/mol. The minimum absolute atomic E-state index is 0.122. The molecule has 0 bridgehead atoms. The number of rotatable bonds is 1. The van der Waals surface area contributed by atoms with E-state index < -0.39 is 11.4 Å². The topological polar surface area (TPSA) is 38.7 Å². The molecule has 16 heavy (non-hydrogen) atoms. The van der Waals surface area contributed by atoms with E-state index in [1.807, 2.05) is 0 Å². The fraction of sp³-hybridized carbons (Fsp3) is 0.455. The van der Waals surface area contributed by atoms with Crippen LogP contribution < -0.4 is 9.47 Å². The van der Waals surface area contributed by atoms with Crippen LogP contribution in [0.15, 0.2) is 10.5 Å². The molecule has 0 saturated carbocycles. The second kappa shape index (κ2) is 3.89. The zero-order valence-electron chi connectivity index (χ0n) is 9.01. The van der Waals surface area contributed by atoms with Crippen LogP contribution in [-0.4, -0.2) is 18.3 Å². The van der Waals surface area contributed by atoms with Crippen LogP contribution >= 0.6 is 15.9 Å². The number of hydrogen-bond acceptors (Lipinski definition) is 3. The molecule has 1 aliphatic rings. The van der Waals surface area contributed by atoms with E-state index in [2.05, 4.69) is 15.9 Å². The first-order valence-corrected chi connectivity index (χ1v) is 5.71. The Hall–Kier alpha value is -0.810. The lowest BCUT2D eigenvalue weighted by atomic mass is 9.96. The first kappa shape index (κ1) is 11.7. The van der Waals surface area contributed by atoms with Gasteiger partial charge in [0.15, 0.2) is 11.5 Å². The third kappa shape index (κ3) is 1.89. The standard InChI is InChI=1S/C11H12BrFO3/c1-11(2,14)8-9(13)6(12)5-7-10(8)16-4-3-15-7/h5,14H,3-4H2,1-2H3. The molecule has 0 fully saturated rings. The van der Waals surface area contributed by atoms with Crippen LogP contribution in [0.3, 0.4) is 0 Å². The van der Waals surface area contributed by atoms with E-state index in [1.165, 1.54) is 19.9 Å². The molecule has 3 nitrogen and oxygen atoms in total. The second-order valence-electron chi connectivity index (χ2n) is 4.13. The lowest BCUT2D eigenvalue weighted by Gasteiger charge is -2.27. The lowest BCUT2D eigenvalue weighted by Crippen LogP contribution is -2.24. The molecular weight excluding hydrogens is 279 g/mol. The van der Waals surface area contributed by atoms with Gasteiger partial charge >= 0.3 is 0 Å². The van der Waals surface area contributed by atoms with E-state index in [4.69, 9.17) is 9.47 Å². The van der Waals surface area contributed by atoms with Crippen molar-refractivity contribution >= 4 is 15.9 Å². The minimum atomic E-state index is -1.32. The summed E-state index contributed by atoms with van der Waals surface area (Å²) in [5, 5.41) is 9.95. The van der Waals surface area contributed by atoms with Crippen molar-refractivity contribution in [2.45, 2.75) is 19.4 Å². The highest BCUT2D eigenvalue weighted by atomic mass is 79.9. The molecule has 1 aromatic carbocycles. The molecule has 0 radical (unpaired) electrons. The van der Waals surface area contributed by atoms with E-state index in [-0.39, 0.29) is 10.0 Å². The molecular formula is C11H12BrFO3. The van der Waals surface area contributed by atoms with Crippen molar-refractivity contribution in [3.8, 4) is 11.5 Å². The predicted octanol–water partition coefficient (Wildman–Crippen LogP) is 2.59. The van der Waals surface area contributed by atoms with Crippen molar-refractivity contribution in [1.29, 1.82) is 0 Å². The maximum Gasteiger partial charge on any atom is 0.170 e. The van der Waals surface area contributed by atoms with Gasteiger partial charge in [-0.2, -0.15) is 0 Å². The summed E-state index contributed by atoms with van der Waals surface area (Å²) >= 11 is 3.10. The largest absolute Gasteiger partial charge is 0.486 e. The molecule has 1 aromatic rings. The highest BCUT2D eigenvalue weighted by Gasteiger charge is 2.31. The van der Waals surface area contributed by atoms with Gasteiger partial charge in [-0.15, -0.1) is 0 Å². The van der Waals surface area contributed by atoms with Gasteiger partial charge in [0.1, 0.15) is 19.0 Å². The summed E-state index contributed by atoms with van der Waals surface area (Å²) in [6.07, 6.45) is 0. The third-order valence-corrected chi connectivity index (χ3v) is 2.91. The number of hydrogen-bond donors (Lipinski definition) is 1. The first-order valence-electron chi connectivity index (χ1n) is 4.91. The Balaban J connectivity index is 2.69. The first-order chi connectivity index (χ1) is 7.41. The van der Waals surface area contributed by atoms with E-state index in [0.29, 0.717) is 24.7 Å². The van der Waals surface area contributed by atoms with Crippen molar-refractivity contribution < 1.29 is 19.0 Å². The predicted molar refractivity (Wildman–Crippen MR) is 60.3 cm³/mol. The van der Waals surface area contributed by atoms with Crippen LogP contribution in [-0.2, 0) is 5.60 Å². The van der Waals surface area contributed by atoms with Crippen molar-refractivity contribution in [1.82, 2.24) is 0 Å². The van der Waals surface area contributed by atoms with E-state index in [9.17, 15) is 9.50 Å². The van der Waals surface area contributed by atoms with Gasteiger partial charge in [-0.3, -0.25) is 0 Å². The van der Waals surface area contributed by atoms with Crippen LogP contribution in [0.2, 0.25) is 0 Å². The lowest BCUT2D eigenvalue weighted by molar-refractivity contribution is 0.0657. The van der Waals surface area contributed by atoms with Gasteiger partial charge in [0, 0.05) is 6.07 Å². The third-order valence-electron chi connectivity index (χ3n) is 2.34. The Kier molecular flexibility index (Phi) is 2.84. The van der Waals surface area contributed by atoms with E-state index in [0.717, 1.165) is 0 Å². The normalized spacial score (nSPS) is 15.1. The average molecular weight is 291 g/mol. The second-order valence-corrected chi connectivity index (χ2v) is 4.98. The summed E-state index contributed by atoms with van der Waals surface area (Å²) in [6.45, 7) is 3.81. The number of ether oxygens (including phenoxy) is 2. The van der Waals surface area contributed by atoms with Crippen LogP contribution in [0.4, 0.5) is 4.39 Å². The summed E-state index contributed by atoms with van der Waals surface area (Å²) < 4.78 is 24.9. The Morgan fingerprint density at radius 3 is 2.62 bits per heavy atom. The van der Waals surface area contributed by atoms with Crippen LogP contribution in [0.1, 0.15) is 19.4 Å². The van der Waals surface area contributed by atoms with E-state index in [1.54, 1.807) is 0 Å². The number of aliphatic hydroxyl groups is 1. The Labute approximate surface area is 101 Å². The van der Waals surface area contributed by atoms with E-state index >= 15 is 0 Å². The number of halogens is 2. The smallest absolute Gasteiger partial charge is 0.170 e. The molecule has 2 rings (SSSR count). The molecule has 0 saturated heterocycles. The van der Waals surface area contributed by atoms with Gasteiger partial charge in [0.2, 0.25) is 0 Å². The summed E-state index contributed by atoms with van der Waals surface area (Å²) in [4.78, 5) is 0. The molecule has 0 aromatic heterocycles. The van der Waals surface area contributed by atoms with Crippen LogP contribution in [0, 0.1) is 5.82 Å². The summed E-state index contributed by atoms with van der Waals surface area (Å²) in [7, 11) is 0. The van der Waals surface area contributed by atoms with Crippen LogP contribution in [0.25, 0.3) is 0 Å². The molecule has 1 heterocycles. The van der Waals surface area contributed by atoms with Crippen molar-refractivity contribution in [3.05, 3.63) is 21.9 Å². The SMILES string of the molecule is CC(C)(O)c1c(F)c(Br)cc2c1OCCO2.